The van der Waals surface area contributed by atoms with Crippen molar-refractivity contribution in [2.75, 3.05) is 39.3 Å². The summed E-state index contributed by atoms with van der Waals surface area (Å²) in [7, 11) is 0. The molecule has 2 fully saturated rings. The Labute approximate surface area is 157 Å². The summed E-state index contributed by atoms with van der Waals surface area (Å²) in [5.74, 6) is 0.491. The molecule has 1 amide bonds. The number of aryl methyl sites for hydroxylation is 1. The molecule has 138 valence electrons. The predicted molar refractivity (Wildman–Crippen MR) is 103 cm³/mol. The summed E-state index contributed by atoms with van der Waals surface area (Å²) in [5, 5.41) is 6.58. The van der Waals surface area contributed by atoms with Gasteiger partial charge in [0.1, 0.15) is 0 Å². The molecule has 2 unspecified atom stereocenters. The van der Waals surface area contributed by atoms with Gasteiger partial charge < -0.3 is 15.5 Å². The third-order valence-electron chi connectivity index (χ3n) is 6.17. The first-order valence-corrected chi connectivity index (χ1v) is 9.59. The summed E-state index contributed by atoms with van der Waals surface area (Å²) in [5.41, 5.74) is 3.09. The molecule has 4 nitrogen and oxygen atoms in total. The van der Waals surface area contributed by atoms with Crippen LogP contribution in [0.2, 0.25) is 0 Å². The molecule has 25 heavy (non-hydrogen) atoms. The van der Waals surface area contributed by atoms with Gasteiger partial charge >= 0.3 is 0 Å². The minimum absolute atomic E-state index is 0. The number of benzene rings is 1. The Morgan fingerprint density at radius 2 is 2.08 bits per heavy atom. The van der Waals surface area contributed by atoms with Gasteiger partial charge in [-0.05, 0) is 49.8 Å². The molecule has 1 aliphatic heterocycles. The Hall–Kier alpha value is -1.10. The first kappa shape index (κ1) is 18.7. The highest BCUT2D eigenvalue weighted by Gasteiger charge is 2.59. The number of carbonyl (C=O) groups excluding carboxylic acids is 1. The van der Waals surface area contributed by atoms with Crippen molar-refractivity contribution in [3.05, 3.63) is 35.4 Å². The van der Waals surface area contributed by atoms with Crippen LogP contribution in [0.3, 0.4) is 0 Å². The Kier molecular flexibility index (Phi) is 6.03. The van der Waals surface area contributed by atoms with E-state index in [1.54, 1.807) is 0 Å². The van der Waals surface area contributed by atoms with E-state index < -0.39 is 0 Å². The van der Waals surface area contributed by atoms with Crippen molar-refractivity contribution in [2.45, 2.75) is 37.5 Å². The van der Waals surface area contributed by atoms with E-state index in [9.17, 15) is 4.79 Å². The summed E-state index contributed by atoms with van der Waals surface area (Å²) in [6.07, 6.45) is 5.69. The first-order chi connectivity index (χ1) is 11.8. The van der Waals surface area contributed by atoms with Gasteiger partial charge in [-0.15, -0.1) is 12.4 Å². The fourth-order valence-electron chi connectivity index (χ4n) is 4.75. The molecule has 1 aromatic carbocycles. The SMILES string of the molecule is Cl.O=C(NCCCN1CCNCC1)C1CC12CCCc1ccccc12. The van der Waals surface area contributed by atoms with E-state index in [4.69, 9.17) is 0 Å². The third-order valence-corrected chi connectivity index (χ3v) is 6.17. The number of fused-ring (bicyclic) bond motifs is 2. The smallest absolute Gasteiger partial charge is 0.224 e. The monoisotopic (exact) mass is 363 g/mol. The lowest BCUT2D eigenvalue weighted by molar-refractivity contribution is -0.122. The number of carbonyl (C=O) groups is 1. The Balaban J connectivity index is 0.00000182. The highest BCUT2D eigenvalue weighted by Crippen LogP contribution is 2.60. The largest absolute Gasteiger partial charge is 0.356 e. The Bertz CT molecular complexity index is 602. The summed E-state index contributed by atoms with van der Waals surface area (Å²) in [6.45, 7) is 6.37. The third kappa shape index (κ3) is 3.86. The van der Waals surface area contributed by atoms with Gasteiger partial charge in [0, 0.05) is 44.1 Å². The molecule has 0 bridgehead atoms. The molecule has 2 aliphatic carbocycles. The molecular formula is C20H30ClN3O. The van der Waals surface area contributed by atoms with Gasteiger partial charge in [0.2, 0.25) is 5.91 Å². The van der Waals surface area contributed by atoms with E-state index in [1.807, 2.05) is 0 Å². The number of halogens is 1. The van der Waals surface area contributed by atoms with Crippen LogP contribution in [0, 0.1) is 5.92 Å². The first-order valence-electron chi connectivity index (χ1n) is 9.59. The van der Waals surface area contributed by atoms with Crippen LogP contribution in [0.25, 0.3) is 0 Å². The molecule has 2 atom stereocenters. The quantitative estimate of drug-likeness (QED) is 0.787. The zero-order valence-electron chi connectivity index (χ0n) is 14.9. The number of rotatable bonds is 5. The number of amides is 1. The minimum atomic E-state index is 0. The van der Waals surface area contributed by atoms with Crippen molar-refractivity contribution in [2.24, 2.45) is 5.92 Å². The van der Waals surface area contributed by atoms with E-state index in [0.717, 1.165) is 52.1 Å². The zero-order valence-corrected chi connectivity index (χ0v) is 15.7. The summed E-state index contributed by atoms with van der Waals surface area (Å²) in [6, 6.07) is 8.77. The highest BCUT2D eigenvalue weighted by molar-refractivity contribution is 5.85. The molecular weight excluding hydrogens is 334 g/mol. The second kappa shape index (κ2) is 8.07. The molecule has 1 heterocycles. The van der Waals surface area contributed by atoms with Crippen LogP contribution in [0.1, 0.15) is 36.8 Å². The normalized spacial score (nSPS) is 28.1. The van der Waals surface area contributed by atoms with Crippen LogP contribution >= 0.6 is 12.4 Å². The lowest BCUT2D eigenvalue weighted by atomic mass is 9.78. The average molecular weight is 364 g/mol. The lowest BCUT2D eigenvalue weighted by Gasteiger charge is -2.27. The van der Waals surface area contributed by atoms with Crippen molar-refractivity contribution >= 4 is 18.3 Å². The Morgan fingerprint density at radius 3 is 2.92 bits per heavy atom. The second-order valence-corrected chi connectivity index (χ2v) is 7.66. The molecule has 4 rings (SSSR count). The maximum atomic E-state index is 12.6. The lowest BCUT2D eigenvalue weighted by Crippen LogP contribution is -2.44. The van der Waals surface area contributed by atoms with Crippen LogP contribution in [0.4, 0.5) is 0 Å². The molecule has 1 spiro atoms. The van der Waals surface area contributed by atoms with Gasteiger partial charge in [0.15, 0.2) is 0 Å². The maximum Gasteiger partial charge on any atom is 0.224 e. The number of hydrogen-bond acceptors (Lipinski definition) is 3. The van der Waals surface area contributed by atoms with Gasteiger partial charge in [-0.2, -0.15) is 0 Å². The summed E-state index contributed by atoms with van der Waals surface area (Å²) in [4.78, 5) is 15.1. The van der Waals surface area contributed by atoms with E-state index in [-0.39, 0.29) is 29.6 Å². The summed E-state index contributed by atoms with van der Waals surface area (Å²) < 4.78 is 0. The zero-order chi connectivity index (χ0) is 16.4. The van der Waals surface area contributed by atoms with Gasteiger partial charge in [-0.25, -0.2) is 0 Å². The van der Waals surface area contributed by atoms with Gasteiger partial charge in [0.05, 0.1) is 0 Å². The number of piperazine rings is 1. The molecule has 1 saturated carbocycles. The van der Waals surface area contributed by atoms with Crippen molar-refractivity contribution < 1.29 is 4.79 Å². The van der Waals surface area contributed by atoms with Crippen molar-refractivity contribution in [3.63, 3.8) is 0 Å². The second-order valence-electron chi connectivity index (χ2n) is 7.66. The number of hydrogen-bond donors (Lipinski definition) is 2. The van der Waals surface area contributed by atoms with Crippen LogP contribution in [-0.4, -0.2) is 50.1 Å². The van der Waals surface area contributed by atoms with E-state index in [2.05, 4.69) is 39.8 Å². The number of nitrogens with one attached hydrogen (secondary N) is 2. The molecule has 2 N–H and O–H groups in total. The van der Waals surface area contributed by atoms with E-state index in [0.29, 0.717) is 0 Å². The predicted octanol–water partition coefficient (Wildman–Crippen LogP) is 2.11. The van der Waals surface area contributed by atoms with Crippen molar-refractivity contribution in [1.29, 1.82) is 0 Å². The maximum absolute atomic E-state index is 12.6. The van der Waals surface area contributed by atoms with Crippen molar-refractivity contribution in [3.8, 4) is 0 Å². The van der Waals surface area contributed by atoms with Crippen LogP contribution in [-0.2, 0) is 16.6 Å². The standard InChI is InChI=1S/C20H29N3O.ClH/c24-19(22-9-4-12-23-13-10-21-11-14-23)18-15-20(18)8-3-6-16-5-1-2-7-17(16)20;/h1-2,5,7,18,21H,3-4,6,8-15H2,(H,22,24);1H. The van der Waals surface area contributed by atoms with E-state index in [1.165, 1.54) is 30.4 Å². The van der Waals surface area contributed by atoms with Gasteiger partial charge in [-0.1, -0.05) is 24.3 Å². The topological polar surface area (TPSA) is 44.4 Å². The molecule has 1 aromatic rings. The molecule has 0 aromatic heterocycles. The molecule has 3 aliphatic rings. The van der Waals surface area contributed by atoms with Crippen molar-refractivity contribution in [1.82, 2.24) is 15.5 Å². The molecule has 0 radical (unpaired) electrons. The molecule has 5 heteroatoms. The number of nitrogens with zero attached hydrogens (tertiary/aromatic N) is 1. The Morgan fingerprint density at radius 1 is 1.28 bits per heavy atom. The average Bonchev–Trinajstić information content (AvgIpc) is 3.35. The van der Waals surface area contributed by atoms with Gasteiger partial charge in [-0.3, -0.25) is 4.79 Å². The van der Waals surface area contributed by atoms with Crippen LogP contribution in [0.15, 0.2) is 24.3 Å². The summed E-state index contributed by atoms with van der Waals surface area (Å²) >= 11 is 0. The van der Waals surface area contributed by atoms with E-state index >= 15 is 0 Å². The minimum Gasteiger partial charge on any atom is -0.356 e. The fraction of sp³-hybridized carbons (Fsp3) is 0.650. The molecule has 1 saturated heterocycles. The highest BCUT2D eigenvalue weighted by atomic mass is 35.5. The van der Waals surface area contributed by atoms with Crippen LogP contribution < -0.4 is 10.6 Å². The van der Waals surface area contributed by atoms with Crippen LogP contribution in [0.5, 0.6) is 0 Å². The fourth-order valence-corrected chi connectivity index (χ4v) is 4.75. The van der Waals surface area contributed by atoms with Gasteiger partial charge in [0.25, 0.3) is 0 Å².